The van der Waals surface area contributed by atoms with E-state index < -0.39 is 37.3 Å². The first kappa shape index (κ1) is 28.8. The van der Waals surface area contributed by atoms with Crippen LogP contribution in [0.4, 0.5) is 0 Å². The van der Waals surface area contributed by atoms with E-state index in [1.54, 1.807) is 0 Å². The molecule has 5 atom stereocenters. The molecule has 0 aliphatic carbocycles. The summed E-state index contributed by atoms with van der Waals surface area (Å²) in [6.45, 7) is 2.28. The van der Waals surface area contributed by atoms with Crippen molar-refractivity contribution in [3.63, 3.8) is 0 Å². The topological polar surface area (TPSA) is 99.4 Å². The summed E-state index contributed by atoms with van der Waals surface area (Å²) in [5.41, 5.74) is 0. The van der Waals surface area contributed by atoms with Gasteiger partial charge in [0, 0.05) is 6.61 Å². The lowest BCUT2D eigenvalue weighted by molar-refractivity contribution is -0.301. The highest BCUT2D eigenvalue weighted by Gasteiger charge is 2.43. The van der Waals surface area contributed by atoms with Crippen LogP contribution in [0.5, 0.6) is 0 Å². The molecule has 1 heterocycles. The van der Waals surface area contributed by atoms with Crippen LogP contribution in [0, 0.1) is 0 Å². The molecule has 0 aromatic heterocycles. The van der Waals surface area contributed by atoms with Crippen molar-refractivity contribution in [3.05, 3.63) is 0 Å². The average Bonchev–Trinajstić information content (AvgIpc) is 2.78. The molecule has 1 aliphatic heterocycles. The smallest absolute Gasteiger partial charge is 0.186 e. The number of aliphatic hydroxyl groups excluding tert-OH is 4. The Hall–Kier alpha value is -0.240. The number of aliphatic hydroxyl groups is 4. The standard InChI is InChI=1S/C25H50O6/c1-2-3-4-5-6-7-8-9-10-11-12-13-14-15-16-17-18-19-30-25-24(29)23(28)22(27)21(20-26)31-25/h21-29H,2-20H2,1H3/t21-,22+,23+,24-,25+/m1/s1. The van der Waals surface area contributed by atoms with Gasteiger partial charge in [-0.15, -0.1) is 0 Å². The Morgan fingerprint density at radius 1 is 0.581 bits per heavy atom. The summed E-state index contributed by atoms with van der Waals surface area (Å²) in [5.74, 6) is 0. The second-order valence-electron chi connectivity index (χ2n) is 9.22. The zero-order valence-electron chi connectivity index (χ0n) is 19.9. The zero-order valence-corrected chi connectivity index (χ0v) is 19.9. The summed E-state index contributed by atoms with van der Waals surface area (Å²) in [7, 11) is 0. The minimum Gasteiger partial charge on any atom is -0.394 e. The Morgan fingerprint density at radius 3 is 1.42 bits per heavy atom. The van der Waals surface area contributed by atoms with E-state index in [0.717, 1.165) is 12.8 Å². The number of hydrogen-bond donors (Lipinski definition) is 4. The molecular formula is C25H50O6. The van der Waals surface area contributed by atoms with Gasteiger partial charge in [0.1, 0.15) is 24.4 Å². The van der Waals surface area contributed by atoms with Crippen LogP contribution < -0.4 is 0 Å². The normalized spacial score (nSPS) is 26.4. The molecule has 0 aromatic rings. The third-order valence-corrected chi connectivity index (χ3v) is 6.38. The summed E-state index contributed by atoms with van der Waals surface area (Å²) in [6.07, 6.45) is 16.4. The molecule has 31 heavy (non-hydrogen) atoms. The highest BCUT2D eigenvalue weighted by Crippen LogP contribution is 2.22. The van der Waals surface area contributed by atoms with Crippen LogP contribution in [-0.2, 0) is 9.47 Å². The van der Waals surface area contributed by atoms with Crippen LogP contribution in [0.3, 0.4) is 0 Å². The molecule has 0 bridgehead atoms. The zero-order chi connectivity index (χ0) is 22.7. The molecule has 186 valence electrons. The lowest BCUT2D eigenvalue weighted by atomic mass is 9.99. The molecule has 0 unspecified atom stereocenters. The SMILES string of the molecule is CCCCCCCCCCCCCCCCCCCO[C@H]1O[C@H](CO)[C@H](O)[C@H](O)[C@H]1O. The van der Waals surface area contributed by atoms with Gasteiger partial charge < -0.3 is 29.9 Å². The van der Waals surface area contributed by atoms with Gasteiger partial charge in [0.2, 0.25) is 0 Å². The van der Waals surface area contributed by atoms with Gasteiger partial charge in [0.15, 0.2) is 6.29 Å². The summed E-state index contributed by atoms with van der Waals surface area (Å²) in [5, 5.41) is 38.6. The van der Waals surface area contributed by atoms with Crippen molar-refractivity contribution in [2.24, 2.45) is 0 Å². The van der Waals surface area contributed by atoms with Crippen LogP contribution in [0.15, 0.2) is 0 Å². The van der Waals surface area contributed by atoms with Gasteiger partial charge in [-0.2, -0.15) is 0 Å². The summed E-state index contributed by atoms with van der Waals surface area (Å²) in [6, 6.07) is 0. The summed E-state index contributed by atoms with van der Waals surface area (Å²) < 4.78 is 10.8. The maximum absolute atomic E-state index is 9.92. The van der Waals surface area contributed by atoms with E-state index in [2.05, 4.69) is 6.92 Å². The Morgan fingerprint density at radius 2 is 1.00 bits per heavy atom. The fourth-order valence-corrected chi connectivity index (χ4v) is 4.23. The van der Waals surface area contributed by atoms with Crippen LogP contribution in [0.2, 0.25) is 0 Å². The van der Waals surface area contributed by atoms with Crippen molar-refractivity contribution >= 4 is 0 Å². The van der Waals surface area contributed by atoms with E-state index in [1.807, 2.05) is 0 Å². The maximum atomic E-state index is 9.92. The first-order valence-corrected chi connectivity index (χ1v) is 13.0. The van der Waals surface area contributed by atoms with E-state index in [0.29, 0.717) is 6.61 Å². The summed E-state index contributed by atoms with van der Waals surface area (Å²) >= 11 is 0. The molecule has 0 amide bonds. The number of unbranched alkanes of at least 4 members (excludes halogenated alkanes) is 16. The minimum atomic E-state index is -1.37. The third-order valence-electron chi connectivity index (χ3n) is 6.38. The van der Waals surface area contributed by atoms with Crippen LogP contribution in [-0.4, -0.2) is 64.3 Å². The predicted molar refractivity (Wildman–Crippen MR) is 124 cm³/mol. The predicted octanol–water partition coefficient (Wildman–Crippen LogP) is 4.45. The highest BCUT2D eigenvalue weighted by molar-refractivity contribution is 4.88. The van der Waals surface area contributed by atoms with Gasteiger partial charge >= 0.3 is 0 Å². The van der Waals surface area contributed by atoms with Crippen molar-refractivity contribution < 1.29 is 29.9 Å². The van der Waals surface area contributed by atoms with Crippen molar-refractivity contribution in [2.75, 3.05) is 13.2 Å². The molecule has 1 aliphatic rings. The number of hydrogen-bond acceptors (Lipinski definition) is 6. The highest BCUT2D eigenvalue weighted by atomic mass is 16.7. The molecule has 0 saturated carbocycles. The van der Waals surface area contributed by atoms with Crippen molar-refractivity contribution in [1.29, 1.82) is 0 Å². The molecule has 1 fully saturated rings. The van der Waals surface area contributed by atoms with Gasteiger partial charge in [-0.05, 0) is 6.42 Å². The molecule has 0 radical (unpaired) electrons. The lowest BCUT2D eigenvalue weighted by Crippen LogP contribution is -2.59. The quantitative estimate of drug-likeness (QED) is 0.206. The Kier molecular flexibility index (Phi) is 17.9. The average molecular weight is 447 g/mol. The molecule has 6 heteroatoms. The summed E-state index contributed by atoms with van der Waals surface area (Å²) in [4.78, 5) is 0. The molecular weight excluding hydrogens is 396 g/mol. The largest absolute Gasteiger partial charge is 0.394 e. The van der Waals surface area contributed by atoms with E-state index in [1.165, 1.54) is 96.3 Å². The van der Waals surface area contributed by atoms with Gasteiger partial charge in [0.05, 0.1) is 6.61 Å². The van der Waals surface area contributed by atoms with Gasteiger partial charge in [0.25, 0.3) is 0 Å². The van der Waals surface area contributed by atoms with E-state index in [9.17, 15) is 20.4 Å². The molecule has 1 rings (SSSR count). The van der Waals surface area contributed by atoms with Gasteiger partial charge in [-0.3, -0.25) is 0 Å². The third kappa shape index (κ3) is 13.2. The number of ether oxygens (including phenoxy) is 2. The second-order valence-corrected chi connectivity index (χ2v) is 9.22. The first-order valence-electron chi connectivity index (χ1n) is 13.0. The maximum Gasteiger partial charge on any atom is 0.186 e. The van der Waals surface area contributed by atoms with Crippen molar-refractivity contribution in [3.8, 4) is 0 Å². The Bertz CT molecular complexity index is 392. The van der Waals surface area contributed by atoms with E-state index in [4.69, 9.17) is 9.47 Å². The Balaban J connectivity index is 1.84. The molecule has 1 saturated heterocycles. The monoisotopic (exact) mass is 446 g/mol. The molecule has 4 N–H and O–H groups in total. The minimum absolute atomic E-state index is 0.427. The Labute approximate surface area is 190 Å². The van der Waals surface area contributed by atoms with Gasteiger partial charge in [-0.25, -0.2) is 0 Å². The van der Waals surface area contributed by atoms with Crippen LogP contribution in [0.25, 0.3) is 0 Å². The number of rotatable bonds is 20. The second kappa shape index (κ2) is 19.2. The van der Waals surface area contributed by atoms with Crippen molar-refractivity contribution in [1.82, 2.24) is 0 Å². The molecule has 0 aromatic carbocycles. The van der Waals surface area contributed by atoms with Crippen LogP contribution in [0.1, 0.15) is 116 Å². The first-order chi connectivity index (χ1) is 15.1. The van der Waals surface area contributed by atoms with E-state index >= 15 is 0 Å². The fraction of sp³-hybridized carbons (Fsp3) is 1.00. The van der Waals surface area contributed by atoms with Crippen LogP contribution >= 0.6 is 0 Å². The van der Waals surface area contributed by atoms with Crippen molar-refractivity contribution in [2.45, 2.75) is 147 Å². The molecule has 6 nitrogen and oxygen atoms in total. The van der Waals surface area contributed by atoms with E-state index in [-0.39, 0.29) is 0 Å². The van der Waals surface area contributed by atoms with Gasteiger partial charge in [-0.1, -0.05) is 110 Å². The molecule has 0 spiro atoms. The lowest BCUT2D eigenvalue weighted by Gasteiger charge is -2.39. The fourth-order valence-electron chi connectivity index (χ4n) is 4.23.